The Morgan fingerprint density at radius 2 is 1.93 bits per heavy atom. The second-order valence-electron chi connectivity index (χ2n) is 5.33. The number of rotatable bonds is 3. The van der Waals surface area contributed by atoms with Gasteiger partial charge in [-0.15, -0.1) is 0 Å². The maximum atomic E-state index is 11.3. The summed E-state index contributed by atoms with van der Waals surface area (Å²) in [5.74, 6) is 1.66. The Labute approximate surface area is 93.3 Å². The highest BCUT2D eigenvalue weighted by molar-refractivity contribution is 7.90. The molecule has 3 atom stereocenters. The van der Waals surface area contributed by atoms with E-state index in [2.05, 4.69) is 13.8 Å². The zero-order valence-corrected chi connectivity index (χ0v) is 10.8. The van der Waals surface area contributed by atoms with Gasteiger partial charge in [0.05, 0.1) is 5.75 Å². The van der Waals surface area contributed by atoms with Gasteiger partial charge in [-0.1, -0.05) is 13.8 Å². The lowest BCUT2D eigenvalue weighted by Crippen LogP contribution is -2.38. The van der Waals surface area contributed by atoms with Gasteiger partial charge in [-0.25, -0.2) is 8.42 Å². The molecule has 0 spiro atoms. The maximum absolute atomic E-state index is 11.3. The van der Waals surface area contributed by atoms with Crippen molar-refractivity contribution in [3.63, 3.8) is 0 Å². The molecule has 0 aromatic heterocycles. The molecule has 0 aromatic rings. The second-order valence-corrected chi connectivity index (χ2v) is 7.52. The highest BCUT2D eigenvalue weighted by Gasteiger charge is 2.32. The molecule has 0 bridgehead atoms. The minimum atomic E-state index is -2.87. The van der Waals surface area contributed by atoms with Gasteiger partial charge < -0.3 is 5.73 Å². The summed E-state index contributed by atoms with van der Waals surface area (Å²) in [6, 6.07) is 0.201. The molecule has 1 saturated carbocycles. The summed E-state index contributed by atoms with van der Waals surface area (Å²) >= 11 is 0. The normalized spacial score (nSPS) is 33.3. The third-order valence-electron chi connectivity index (χ3n) is 3.45. The maximum Gasteiger partial charge on any atom is 0.147 e. The number of hydrogen-bond acceptors (Lipinski definition) is 3. The van der Waals surface area contributed by atoms with Gasteiger partial charge >= 0.3 is 0 Å². The van der Waals surface area contributed by atoms with Crippen molar-refractivity contribution in [1.29, 1.82) is 0 Å². The molecule has 2 N–H and O–H groups in total. The van der Waals surface area contributed by atoms with Crippen molar-refractivity contribution in [1.82, 2.24) is 0 Å². The minimum Gasteiger partial charge on any atom is -0.328 e. The van der Waals surface area contributed by atoms with E-state index in [9.17, 15) is 8.42 Å². The van der Waals surface area contributed by atoms with Crippen LogP contribution in [0.2, 0.25) is 0 Å². The molecule has 90 valence electrons. The molecule has 0 heterocycles. The molecule has 3 nitrogen and oxygen atoms in total. The Hall–Kier alpha value is -0.0900. The van der Waals surface area contributed by atoms with E-state index in [0.717, 1.165) is 19.3 Å². The predicted octanol–water partition coefficient (Wildman–Crippen LogP) is 1.43. The predicted molar refractivity (Wildman–Crippen MR) is 63.4 cm³/mol. The zero-order chi connectivity index (χ0) is 11.6. The quantitative estimate of drug-likeness (QED) is 0.802. The van der Waals surface area contributed by atoms with Crippen LogP contribution in [0, 0.1) is 17.8 Å². The van der Waals surface area contributed by atoms with Gasteiger partial charge in [0.2, 0.25) is 0 Å². The molecule has 15 heavy (non-hydrogen) atoms. The van der Waals surface area contributed by atoms with E-state index in [1.54, 1.807) is 0 Å². The lowest BCUT2D eigenvalue weighted by molar-refractivity contribution is 0.182. The number of hydrogen-bond donors (Lipinski definition) is 1. The average molecular weight is 233 g/mol. The van der Waals surface area contributed by atoms with Crippen LogP contribution in [-0.4, -0.2) is 26.5 Å². The molecule has 4 heteroatoms. The Balaban J connectivity index is 2.70. The topological polar surface area (TPSA) is 60.2 Å². The van der Waals surface area contributed by atoms with E-state index in [0.29, 0.717) is 17.6 Å². The number of sulfone groups is 1. The van der Waals surface area contributed by atoms with Crippen LogP contribution in [0.3, 0.4) is 0 Å². The fourth-order valence-corrected chi connectivity index (χ4v) is 3.94. The molecule has 0 aromatic carbocycles. The van der Waals surface area contributed by atoms with Crippen molar-refractivity contribution in [2.24, 2.45) is 23.5 Å². The highest BCUT2D eigenvalue weighted by Crippen LogP contribution is 2.35. The van der Waals surface area contributed by atoms with Gasteiger partial charge in [0.15, 0.2) is 0 Å². The Bertz CT molecular complexity index is 298. The lowest BCUT2D eigenvalue weighted by atomic mass is 9.73. The van der Waals surface area contributed by atoms with Crippen molar-refractivity contribution >= 4 is 9.84 Å². The molecular formula is C11H23NO2S. The van der Waals surface area contributed by atoms with E-state index in [1.807, 2.05) is 0 Å². The Morgan fingerprint density at radius 3 is 2.40 bits per heavy atom. The molecule has 0 radical (unpaired) electrons. The zero-order valence-electron chi connectivity index (χ0n) is 9.94. The minimum absolute atomic E-state index is 0.201. The first-order valence-electron chi connectivity index (χ1n) is 5.73. The van der Waals surface area contributed by atoms with Crippen LogP contribution in [-0.2, 0) is 9.84 Å². The molecule has 0 amide bonds. The lowest BCUT2D eigenvalue weighted by Gasteiger charge is -2.36. The Kier molecular flexibility index (Phi) is 4.18. The van der Waals surface area contributed by atoms with Crippen LogP contribution in [0.4, 0.5) is 0 Å². The third kappa shape index (κ3) is 4.11. The molecule has 0 aliphatic heterocycles. The molecule has 1 aliphatic rings. The van der Waals surface area contributed by atoms with Crippen LogP contribution < -0.4 is 5.73 Å². The monoisotopic (exact) mass is 233 g/mol. The van der Waals surface area contributed by atoms with Crippen molar-refractivity contribution in [3.05, 3.63) is 0 Å². The molecule has 1 fully saturated rings. The van der Waals surface area contributed by atoms with E-state index in [-0.39, 0.29) is 12.0 Å². The van der Waals surface area contributed by atoms with Gasteiger partial charge in [-0.3, -0.25) is 0 Å². The fourth-order valence-electron chi connectivity index (χ4n) is 2.78. The molecule has 1 aliphatic carbocycles. The van der Waals surface area contributed by atoms with E-state index in [4.69, 9.17) is 5.73 Å². The molecule has 1 rings (SSSR count). The van der Waals surface area contributed by atoms with E-state index in [1.165, 1.54) is 6.26 Å². The SMILES string of the molecule is CC(C)C1CCC(N)CC1CS(C)(=O)=O. The van der Waals surface area contributed by atoms with Crippen LogP contribution in [0.15, 0.2) is 0 Å². The smallest absolute Gasteiger partial charge is 0.147 e. The summed E-state index contributed by atoms with van der Waals surface area (Å²) in [5, 5.41) is 0. The van der Waals surface area contributed by atoms with Gasteiger partial charge in [0, 0.05) is 12.3 Å². The van der Waals surface area contributed by atoms with Crippen molar-refractivity contribution in [2.75, 3.05) is 12.0 Å². The van der Waals surface area contributed by atoms with Crippen LogP contribution >= 0.6 is 0 Å². The van der Waals surface area contributed by atoms with E-state index < -0.39 is 9.84 Å². The van der Waals surface area contributed by atoms with Crippen LogP contribution in [0.25, 0.3) is 0 Å². The van der Waals surface area contributed by atoms with Crippen molar-refractivity contribution in [3.8, 4) is 0 Å². The largest absolute Gasteiger partial charge is 0.328 e. The fraction of sp³-hybridized carbons (Fsp3) is 1.00. The molecule has 3 unspecified atom stereocenters. The third-order valence-corrected chi connectivity index (χ3v) is 4.49. The summed E-state index contributed by atoms with van der Waals surface area (Å²) in [6.45, 7) is 4.35. The standard InChI is InChI=1S/C11H23NO2S/c1-8(2)11-5-4-10(12)6-9(11)7-15(3,13)14/h8-11H,4-7,12H2,1-3H3. The summed E-state index contributed by atoms with van der Waals surface area (Å²) in [7, 11) is -2.87. The first kappa shape index (κ1) is 13.0. The summed E-state index contributed by atoms with van der Waals surface area (Å²) < 4.78 is 22.7. The van der Waals surface area contributed by atoms with E-state index >= 15 is 0 Å². The van der Waals surface area contributed by atoms with Gasteiger partial charge in [0.1, 0.15) is 9.84 Å². The average Bonchev–Trinajstić information content (AvgIpc) is 1.99. The van der Waals surface area contributed by atoms with Crippen molar-refractivity contribution in [2.45, 2.75) is 39.2 Å². The first-order valence-corrected chi connectivity index (χ1v) is 7.79. The van der Waals surface area contributed by atoms with Gasteiger partial charge in [-0.05, 0) is 37.0 Å². The van der Waals surface area contributed by atoms with Crippen LogP contribution in [0.1, 0.15) is 33.1 Å². The summed E-state index contributed by atoms with van der Waals surface area (Å²) in [6.07, 6.45) is 4.32. The van der Waals surface area contributed by atoms with Gasteiger partial charge in [-0.2, -0.15) is 0 Å². The molecular weight excluding hydrogens is 210 g/mol. The van der Waals surface area contributed by atoms with Crippen molar-refractivity contribution < 1.29 is 8.42 Å². The molecule has 0 saturated heterocycles. The van der Waals surface area contributed by atoms with Gasteiger partial charge in [0.25, 0.3) is 0 Å². The Morgan fingerprint density at radius 1 is 1.33 bits per heavy atom. The second kappa shape index (κ2) is 4.83. The first-order chi connectivity index (χ1) is 6.79. The highest BCUT2D eigenvalue weighted by atomic mass is 32.2. The summed E-state index contributed by atoms with van der Waals surface area (Å²) in [5.41, 5.74) is 5.91. The number of nitrogens with two attached hydrogens (primary N) is 1. The van der Waals surface area contributed by atoms with Crippen LogP contribution in [0.5, 0.6) is 0 Å². The summed E-state index contributed by atoms with van der Waals surface area (Å²) in [4.78, 5) is 0.